The van der Waals surface area contributed by atoms with E-state index in [-0.39, 0.29) is 0 Å². The molecule has 1 saturated heterocycles. The molecule has 3 heteroatoms. The van der Waals surface area contributed by atoms with Gasteiger partial charge in [-0.25, -0.2) is 0 Å². The Hall–Kier alpha value is -1.51. The molecule has 2 nitrogen and oxygen atoms in total. The summed E-state index contributed by atoms with van der Waals surface area (Å²) in [7, 11) is 0. The van der Waals surface area contributed by atoms with Crippen LogP contribution in [0.2, 0.25) is 5.02 Å². The Morgan fingerprint density at radius 2 is 2.00 bits per heavy atom. The van der Waals surface area contributed by atoms with Crippen LogP contribution < -0.4 is 5.32 Å². The number of nitrogens with zero attached hydrogens (tertiary/aromatic N) is 1. The summed E-state index contributed by atoms with van der Waals surface area (Å²) >= 11 is 6.26. The minimum Gasteiger partial charge on any atom is -0.380 e. The minimum atomic E-state index is 0.480. The SMILES string of the molecule is Cc1ccc(Cl)c(NC2CCN(Cc3ccccc3)C2)c1. The van der Waals surface area contributed by atoms with E-state index < -0.39 is 0 Å². The van der Waals surface area contributed by atoms with E-state index in [9.17, 15) is 0 Å². The lowest BCUT2D eigenvalue weighted by Crippen LogP contribution is -2.26. The zero-order chi connectivity index (χ0) is 14.7. The van der Waals surface area contributed by atoms with Gasteiger partial charge in [-0.1, -0.05) is 48.0 Å². The highest BCUT2D eigenvalue weighted by molar-refractivity contribution is 6.33. The maximum Gasteiger partial charge on any atom is 0.0637 e. The van der Waals surface area contributed by atoms with Crippen molar-refractivity contribution in [2.75, 3.05) is 18.4 Å². The highest BCUT2D eigenvalue weighted by atomic mass is 35.5. The first-order chi connectivity index (χ1) is 10.2. The van der Waals surface area contributed by atoms with Gasteiger partial charge in [0.15, 0.2) is 0 Å². The molecular weight excluding hydrogens is 280 g/mol. The van der Waals surface area contributed by atoms with E-state index in [1.54, 1.807) is 0 Å². The largest absolute Gasteiger partial charge is 0.380 e. The van der Waals surface area contributed by atoms with Crippen molar-refractivity contribution in [3.63, 3.8) is 0 Å². The Morgan fingerprint density at radius 3 is 2.81 bits per heavy atom. The fourth-order valence-corrected chi connectivity index (χ4v) is 3.08. The number of aryl methyl sites for hydroxylation is 1. The lowest BCUT2D eigenvalue weighted by molar-refractivity contribution is 0.328. The second-order valence-electron chi connectivity index (χ2n) is 5.83. The van der Waals surface area contributed by atoms with Crippen LogP contribution in [-0.2, 0) is 6.54 Å². The van der Waals surface area contributed by atoms with Crippen LogP contribution in [0.5, 0.6) is 0 Å². The molecule has 0 bridgehead atoms. The quantitative estimate of drug-likeness (QED) is 0.904. The Balaban J connectivity index is 1.58. The molecule has 0 radical (unpaired) electrons. The van der Waals surface area contributed by atoms with Crippen molar-refractivity contribution in [3.05, 3.63) is 64.7 Å². The van der Waals surface area contributed by atoms with Crippen LogP contribution in [0.15, 0.2) is 48.5 Å². The molecule has 1 heterocycles. The first-order valence-corrected chi connectivity index (χ1v) is 7.87. The van der Waals surface area contributed by atoms with Gasteiger partial charge < -0.3 is 5.32 Å². The molecule has 1 aliphatic rings. The molecule has 0 amide bonds. The third kappa shape index (κ3) is 3.78. The van der Waals surface area contributed by atoms with E-state index in [2.05, 4.69) is 53.5 Å². The number of halogens is 1. The predicted molar refractivity (Wildman–Crippen MR) is 89.9 cm³/mol. The number of hydrogen-bond donors (Lipinski definition) is 1. The molecular formula is C18H21ClN2. The number of hydrogen-bond acceptors (Lipinski definition) is 2. The normalized spacial score (nSPS) is 18.9. The van der Waals surface area contributed by atoms with Gasteiger partial charge in [0.05, 0.1) is 10.7 Å². The van der Waals surface area contributed by atoms with Crippen LogP contribution in [-0.4, -0.2) is 24.0 Å². The van der Waals surface area contributed by atoms with Gasteiger partial charge in [-0.15, -0.1) is 0 Å². The summed E-state index contributed by atoms with van der Waals surface area (Å²) in [4.78, 5) is 2.50. The molecule has 0 spiro atoms. The molecule has 0 aliphatic carbocycles. The molecule has 1 aliphatic heterocycles. The van der Waals surface area contributed by atoms with E-state index in [1.165, 1.54) is 11.1 Å². The Morgan fingerprint density at radius 1 is 1.19 bits per heavy atom. The molecule has 2 aromatic rings. The smallest absolute Gasteiger partial charge is 0.0637 e. The van der Waals surface area contributed by atoms with E-state index >= 15 is 0 Å². The van der Waals surface area contributed by atoms with Crippen LogP contribution in [0.4, 0.5) is 5.69 Å². The molecule has 1 atom stereocenters. The van der Waals surface area contributed by atoms with Gasteiger partial charge in [-0.2, -0.15) is 0 Å². The van der Waals surface area contributed by atoms with Crippen molar-refractivity contribution in [2.24, 2.45) is 0 Å². The average Bonchev–Trinajstić information content (AvgIpc) is 2.91. The van der Waals surface area contributed by atoms with Gasteiger partial charge in [-0.3, -0.25) is 4.90 Å². The van der Waals surface area contributed by atoms with Gasteiger partial charge in [0.2, 0.25) is 0 Å². The van der Waals surface area contributed by atoms with Crippen molar-refractivity contribution in [1.82, 2.24) is 4.90 Å². The standard InChI is InChI=1S/C18H21ClN2/c1-14-7-8-17(19)18(11-14)20-16-9-10-21(13-16)12-15-5-3-2-4-6-15/h2-8,11,16,20H,9-10,12-13H2,1H3. The van der Waals surface area contributed by atoms with E-state index in [4.69, 9.17) is 11.6 Å². The molecule has 0 saturated carbocycles. The van der Waals surface area contributed by atoms with Crippen LogP contribution in [0.1, 0.15) is 17.5 Å². The Labute approximate surface area is 131 Å². The van der Waals surface area contributed by atoms with Crippen molar-refractivity contribution >= 4 is 17.3 Å². The summed E-state index contributed by atoms with van der Waals surface area (Å²) in [6.45, 7) is 5.33. The molecule has 110 valence electrons. The summed E-state index contributed by atoms with van der Waals surface area (Å²) < 4.78 is 0. The first-order valence-electron chi connectivity index (χ1n) is 7.50. The lowest BCUT2D eigenvalue weighted by atomic mass is 10.2. The zero-order valence-corrected chi connectivity index (χ0v) is 13.1. The van der Waals surface area contributed by atoms with E-state index in [1.807, 2.05) is 12.1 Å². The van der Waals surface area contributed by atoms with Crippen LogP contribution in [0, 0.1) is 6.92 Å². The topological polar surface area (TPSA) is 15.3 Å². The van der Waals surface area contributed by atoms with Gasteiger partial charge in [0, 0.05) is 25.7 Å². The molecule has 3 rings (SSSR count). The summed E-state index contributed by atoms with van der Waals surface area (Å²) in [5, 5.41) is 4.40. The van der Waals surface area contributed by atoms with Crippen molar-refractivity contribution < 1.29 is 0 Å². The van der Waals surface area contributed by atoms with Crippen LogP contribution >= 0.6 is 11.6 Å². The second-order valence-corrected chi connectivity index (χ2v) is 6.24. The first kappa shape index (κ1) is 14.4. The van der Waals surface area contributed by atoms with Crippen LogP contribution in [0.25, 0.3) is 0 Å². The zero-order valence-electron chi connectivity index (χ0n) is 12.3. The molecule has 0 aromatic heterocycles. The van der Waals surface area contributed by atoms with Gasteiger partial charge in [0.1, 0.15) is 0 Å². The predicted octanol–water partition coefficient (Wildman–Crippen LogP) is 4.33. The van der Waals surface area contributed by atoms with E-state index in [0.29, 0.717) is 6.04 Å². The highest BCUT2D eigenvalue weighted by Gasteiger charge is 2.22. The Bertz CT molecular complexity index is 597. The average molecular weight is 301 g/mol. The summed E-state index contributed by atoms with van der Waals surface area (Å²) in [5.74, 6) is 0. The number of likely N-dealkylation sites (tertiary alicyclic amines) is 1. The number of anilines is 1. The maximum absolute atomic E-state index is 6.26. The third-order valence-electron chi connectivity index (χ3n) is 4.00. The number of nitrogens with one attached hydrogen (secondary N) is 1. The summed E-state index contributed by atoms with van der Waals surface area (Å²) in [6.07, 6.45) is 1.16. The van der Waals surface area contributed by atoms with Crippen molar-refractivity contribution in [3.8, 4) is 0 Å². The molecule has 21 heavy (non-hydrogen) atoms. The summed E-state index contributed by atoms with van der Waals surface area (Å²) in [6, 6.07) is 17.3. The van der Waals surface area contributed by atoms with Gasteiger partial charge in [-0.05, 0) is 36.6 Å². The van der Waals surface area contributed by atoms with Crippen molar-refractivity contribution in [1.29, 1.82) is 0 Å². The Kier molecular flexibility index (Phi) is 4.47. The van der Waals surface area contributed by atoms with Crippen molar-refractivity contribution in [2.45, 2.75) is 25.9 Å². The third-order valence-corrected chi connectivity index (χ3v) is 4.33. The molecule has 1 fully saturated rings. The minimum absolute atomic E-state index is 0.480. The van der Waals surface area contributed by atoms with Gasteiger partial charge >= 0.3 is 0 Å². The molecule has 2 aromatic carbocycles. The molecule has 1 N–H and O–H groups in total. The highest BCUT2D eigenvalue weighted by Crippen LogP contribution is 2.25. The van der Waals surface area contributed by atoms with E-state index in [0.717, 1.165) is 36.8 Å². The molecule has 1 unspecified atom stereocenters. The van der Waals surface area contributed by atoms with Crippen LogP contribution in [0.3, 0.4) is 0 Å². The van der Waals surface area contributed by atoms with Gasteiger partial charge in [0.25, 0.3) is 0 Å². The fourth-order valence-electron chi connectivity index (χ4n) is 2.91. The lowest BCUT2D eigenvalue weighted by Gasteiger charge is -2.18. The summed E-state index contributed by atoms with van der Waals surface area (Å²) in [5.41, 5.74) is 3.68. The maximum atomic E-state index is 6.26. The second kappa shape index (κ2) is 6.50. The fraction of sp³-hybridized carbons (Fsp3) is 0.333. The monoisotopic (exact) mass is 300 g/mol. The number of benzene rings is 2. The number of rotatable bonds is 4.